The van der Waals surface area contributed by atoms with Crippen LogP contribution in [0.2, 0.25) is 0 Å². The van der Waals surface area contributed by atoms with Crippen LogP contribution in [0, 0.1) is 29.1 Å². The molecule has 1 aliphatic rings. The lowest BCUT2D eigenvalue weighted by molar-refractivity contribution is 0.302. The molecule has 1 heteroatoms. The van der Waals surface area contributed by atoms with E-state index in [1.54, 1.807) is 0 Å². The molecule has 0 bridgehead atoms. The van der Waals surface area contributed by atoms with Crippen molar-refractivity contribution >= 4 is 0 Å². The van der Waals surface area contributed by atoms with Crippen LogP contribution in [0.25, 0.3) is 0 Å². The Morgan fingerprint density at radius 1 is 0.957 bits per heavy atom. The van der Waals surface area contributed by atoms with Gasteiger partial charge in [0.15, 0.2) is 6.07 Å². The lowest BCUT2D eigenvalue weighted by Crippen LogP contribution is -2.13. The number of hydrogen-bond acceptors (Lipinski definition) is 1. The summed E-state index contributed by atoms with van der Waals surface area (Å²) in [7, 11) is 0. The van der Waals surface area contributed by atoms with Crippen LogP contribution >= 0.6 is 0 Å². The van der Waals surface area contributed by atoms with Gasteiger partial charge in [-0.05, 0) is 55.2 Å². The van der Waals surface area contributed by atoms with E-state index in [9.17, 15) is 0 Å². The number of benzene rings is 1. The summed E-state index contributed by atoms with van der Waals surface area (Å²) in [5, 5.41) is 8.49. The zero-order valence-electron chi connectivity index (χ0n) is 14.5. The Labute approximate surface area is 142 Å². The number of rotatable bonds is 7. The standard InChI is InChI=1S/C22H29N/c1-2-3-4-5-6-8-19-10-14-21(15-11-19)22-16-12-20(13-17-22)9-7-18-23/h12-13,16-17,19,21H,2-6,8,10-11,14-15H2,1H3/t19-,21-. The molecule has 0 amide bonds. The zero-order chi connectivity index (χ0) is 16.3. The molecule has 0 unspecified atom stereocenters. The van der Waals surface area contributed by atoms with Crippen molar-refractivity contribution < 1.29 is 0 Å². The summed E-state index contributed by atoms with van der Waals surface area (Å²) in [6, 6.07) is 10.4. The van der Waals surface area contributed by atoms with Crippen LogP contribution < -0.4 is 0 Å². The van der Waals surface area contributed by atoms with Crippen LogP contribution in [0.4, 0.5) is 0 Å². The fourth-order valence-corrected chi connectivity index (χ4v) is 3.76. The molecule has 1 aliphatic carbocycles. The van der Waals surface area contributed by atoms with E-state index < -0.39 is 0 Å². The molecule has 0 radical (unpaired) electrons. The molecule has 0 aliphatic heterocycles. The van der Waals surface area contributed by atoms with E-state index in [1.165, 1.54) is 69.8 Å². The fraction of sp³-hybridized carbons (Fsp3) is 0.591. The van der Waals surface area contributed by atoms with Crippen LogP contribution in [0.1, 0.15) is 88.2 Å². The van der Waals surface area contributed by atoms with Crippen molar-refractivity contribution in [3.05, 3.63) is 35.4 Å². The van der Waals surface area contributed by atoms with Crippen LogP contribution in [0.5, 0.6) is 0 Å². The molecule has 122 valence electrons. The molecule has 0 spiro atoms. The molecular weight excluding hydrogens is 278 g/mol. The molecule has 0 aromatic heterocycles. The maximum atomic E-state index is 8.49. The van der Waals surface area contributed by atoms with Crippen molar-refractivity contribution in [2.24, 2.45) is 5.92 Å². The molecule has 1 fully saturated rings. The topological polar surface area (TPSA) is 23.8 Å². The Kier molecular flexibility index (Phi) is 7.75. The predicted octanol–water partition coefficient (Wildman–Crippen LogP) is 6.20. The molecule has 1 nitrogen and oxygen atoms in total. The second kappa shape index (κ2) is 10.1. The molecule has 0 atom stereocenters. The molecule has 0 saturated heterocycles. The normalized spacial score (nSPS) is 20.3. The van der Waals surface area contributed by atoms with E-state index >= 15 is 0 Å². The van der Waals surface area contributed by atoms with Gasteiger partial charge in [0.05, 0.1) is 0 Å². The van der Waals surface area contributed by atoms with Crippen LogP contribution in [-0.4, -0.2) is 0 Å². The highest BCUT2D eigenvalue weighted by Crippen LogP contribution is 2.37. The number of unbranched alkanes of at least 4 members (excludes halogenated alkanes) is 4. The fourth-order valence-electron chi connectivity index (χ4n) is 3.76. The highest BCUT2D eigenvalue weighted by molar-refractivity contribution is 5.39. The van der Waals surface area contributed by atoms with Gasteiger partial charge in [0, 0.05) is 11.5 Å². The summed E-state index contributed by atoms with van der Waals surface area (Å²) in [5.41, 5.74) is 2.39. The minimum atomic E-state index is 0.726. The largest absolute Gasteiger partial charge is 0.183 e. The van der Waals surface area contributed by atoms with Gasteiger partial charge in [-0.1, -0.05) is 63.5 Å². The molecule has 1 aromatic carbocycles. The number of nitriles is 1. The maximum absolute atomic E-state index is 8.49. The van der Waals surface area contributed by atoms with Gasteiger partial charge in [-0.15, -0.1) is 0 Å². The summed E-state index contributed by atoms with van der Waals surface area (Å²) in [5.74, 6) is 7.01. The van der Waals surface area contributed by atoms with Gasteiger partial charge in [-0.2, -0.15) is 5.26 Å². The Morgan fingerprint density at radius 3 is 2.30 bits per heavy atom. The minimum absolute atomic E-state index is 0.726. The Morgan fingerprint density at radius 2 is 1.65 bits per heavy atom. The summed E-state index contributed by atoms with van der Waals surface area (Å²) in [4.78, 5) is 0. The van der Waals surface area contributed by atoms with E-state index in [4.69, 9.17) is 5.26 Å². The first-order chi connectivity index (χ1) is 11.3. The second-order valence-corrected chi connectivity index (χ2v) is 6.90. The molecule has 23 heavy (non-hydrogen) atoms. The number of hydrogen-bond donors (Lipinski definition) is 0. The van der Waals surface area contributed by atoms with Crippen molar-refractivity contribution in [1.82, 2.24) is 0 Å². The van der Waals surface area contributed by atoms with Gasteiger partial charge in [0.25, 0.3) is 0 Å². The van der Waals surface area contributed by atoms with Crippen molar-refractivity contribution in [3.63, 3.8) is 0 Å². The van der Waals surface area contributed by atoms with Gasteiger partial charge in [0.2, 0.25) is 0 Å². The third-order valence-corrected chi connectivity index (χ3v) is 5.21. The molecule has 0 heterocycles. The first-order valence-electron chi connectivity index (χ1n) is 9.33. The highest BCUT2D eigenvalue weighted by Gasteiger charge is 2.21. The summed E-state index contributed by atoms with van der Waals surface area (Å²) >= 11 is 0. The quantitative estimate of drug-likeness (QED) is 0.435. The molecule has 1 aromatic rings. The predicted molar refractivity (Wildman–Crippen MR) is 97.0 cm³/mol. The van der Waals surface area contributed by atoms with Crippen molar-refractivity contribution in [2.45, 2.75) is 77.0 Å². The third kappa shape index (κ3) is 6.11. The van der Waals surface area contributed by atoms with Crippen molar-refractivity contribution in [3.8, 4) is 17.9 Å². The van der Waals surface area contributed by atoms with E-state index in [0.717, 1.165) is 17.4 Å². The molecule has 2 rings (SSSR count). The maximum Gasteiger partial charge on any atom is 0.152 e. The summed E-state index contributed by atoms with van der Waals surface area (Å²) in [6.45, 7) is 2.28. The molecular formula is C22H29N. The van der Waals surface area contributed by atoms with Crippen LogP contribution in [0.3, 0.4) is 0 Å². The Hall–Kier alpha value is -1.73. The summed E-state index contributed by atoms with van der Waals surface area (Å²) in [6.07, 6.45) is 13.9. The van der Waals surface area contributed by atoms with Gasteiger partial charge < -0.3 is 0 Å². The van der Waals surface area contributed by atoms with E-state index in [0.29, 0.717) is 0 Å². The molecule has 0 N–H and O–H groups in total. The zero-order valence-corrected chi connectivity index (χ0v) is 14.5. The van der Waals surface area contributed by atoms with E-state index in [1.807, 2.05) is 6.07 Å². The molecule has 1 saturated carbocycles. The first-order valence-corrected chi connectivity index (χ1v) is 9.33. The number of nitrogens with zero attached hydrogens (tertiary/aromatic N) is 1. The van der Waals surface area contributed by atoms with E-state index in [-0.39, 0.29) is 0 Å². The smallest absolute Gasteiger partial charge is 0.152 e. The van der Waals surface area contributed by atoms with Crippen LogP contribution in [0.15, 0.2) is 24.3 Å². The van der Waals surface area contributed by atoms with Gasteiger partial charge >= 0.3 is 0 Å². The SMILES string of the molecule is CCCCCCC[C@H]1CC[C@H](c2ccc(C#CC#N)cc2)CC1. The monoisotopic (exact) mass is 307 g/mol. The van der Waals surface area contributed by atoms with Gasteiger partial charge in [-0.25, -0.2) is 0 Å². The minimum Gasteiger partial charge on any atom is -0.183 e. The first kappa shape index (κ1) is 17.6. The lowest BCUT2D eigenvalue weighted by Gasteiger charge is -2.29. The third-order valence-electron chi connectivity index (χ3n) is 5.21. The average molecular weight is 307 g/mol. The summed E-state index contributed by atoms with van der Waals surface area (Å²) < 4.78 is 0. The van der Waals surface area contributed by atoms with Gasteiger partial charge in [-0.3, -0.25) is 0 Å². The Balaban J connectivity index is 1.73. The average Bonchev–Trinajstić information content (AvgIpc) is 2.61. The lowest BCUT2D eigenvalue weighted by atomic mass is 9.77. The second-order valence-electron chi connectivity index (χ2n) is 6.90. The van der Waals surface area contributed by atoms with Gasteiger partial charge in [0.1, 0.15) is 0 Å². The van der Waals surface area contributed by atoms with Crippen molar-refractivity contribution in [2.75, 3.05) is 0 Å². The Bertz CT molecular complexity index is 544. The van der Waals surface area contributed by atoms with Crippen molar-refractivity contribution in [1.29, 1.82) is 5.26 Å². The van der Waals surface area contributed by atoms with Crippen LogP contribution in [-0.2, 0) is 0 Å². The van der Waals surface area contributed by atoms with E-state index in [2.05, 4.69) is 43.0 Å². The highest BCUT2D eigenvalue weighted by atomic mass is 14.3.